The lowest BCUT2D eigenvalue weighted by atomic mass is 10.2. The zero-order chi connectivity index (χ0) is 13.2. The molecule has 1 aromatic heterocycles. The number of H-pyrrole nitrogens is 1. The first-order valence-electron chi connectivity index (χ1n) is 6.43. The van der Waals surface area contributed by atoms with Gasteiger partial charge in [0.15, 0.2) is 5.82 Å². The van der Waals surface area contributed by atoms with Crippen LogP contribution in [-0.4, -0.2) is 46.0 Å². The first-order chi connectivity index (χ1) is 9.24. The molecule has 0 saturated carbocycles. The van der Waals surface area contributed by atoms with Crippen molar-refractivity contribution >= 4 is 5.95 Å². The minimum Gasteiger partial charge on any atom is -0.507 e. The van der Waals surface area contributed by atoms with Crippen LogP contribution in [0.15, 0.2) is 24.3 Å². The second-order valence-electron chi connectivity index (χ2n) is 4.80. The molecule has 19 heavy (non-hydrogen) atoms. The Morgan fingerprint density at radius 1 is 1.37 bits per heavy atom. The molecule has 1 fully saturated rings. The van der Waals surface area contributed by atoms with Crippen LogP contribution in [0.5, 0.6) is 5.75 Å². The third-order valence-corrected chi connectivity index (χ3v) is 3.28. The molecule has 3 N–H and O–H groups in total. The summed E-state index contributed by atoms with van der Waals surface area (Å²) in [4.78, 5) is 6.61. The van der Waals surface area contributed by atoms with Crippen molar-refractivity contribution < 1.29 is 5.11 Å². The van der Waals surface area contributed by atoms with Crippen LogP contribution in [0.25, 0.3) is 11.4 Å². The molecule has 100 valence electrons. The average molecular weight is 259 g/mol. The largest absolute Gasteiger partial charge is 0.507 e. The van der Waals surface area contributed by atoms with Crippen molar-refractivity contribution in [3.8, 4) is 17.1 Å². The summed E-state index contributed by atoms with van der Waals surface area (Å²) in [5.41, 5.74) is 0.671. The SMILES string of the molecule is CC1CN(c2n[nH]c(-c3ccccc3O)n2)CCN1. The lowest BCUT2D eigenvalue weighted by molar-refractivity contribution is 0.476. The van der Waals surface area contributed by atoms with Crippen LogP contribution in [-0.2, 0) is 0 Å². The number of aromatic nitrogens is 3. The molecule has 1 atom stereocenters. The molecule has 0 bridgehead atoms. The Morgan fingerprint density at radius 2 is 2.21 bits per heavy atom. The van der Waals surface area contributed by atoms with Crippen LogP contribution >= 0.6 is 0 Å². The van der Waals surface area contributed by atoms with Crippen LogP contribution in [0, 0.1) is 0 Å². The summed E-state index contributed by atoms with van der Waals surface area (Å²) < 4.78 is 0. The molecule has 1 aromatic carbocycles. The van der Waals surface area contributed by atoms with E-state index in [2.05, 4.69) is 32.3 Å². The van der Waals surface area contributed by atoms with E-state index < -0.39 is 0 Å². The zero-order valence-corrected chi connectivity index (χ0v) is 10.8. The molecule has 3 rings (SSSR count). The van der Waals surface area contributed by atoms with Gasteiger partial charge in [-0.3, -0.25) is 5.10 Å². The van der Waals surface area contributed by atoms with E-state index in [0.717, 1.165) is 19.6 Å². The summed E-state index contributed by atoms with van der Waals surface area (Å²) in [5, 5.41) is 20.3. The highest BCUT2D eigenvalue weighted by molar-refractivity contribution is 5.64. The molecule has 1 aliphatic rings. The van der Waals surface area contributed by atoms with E-state index in [1.807, 2.05) is 12.1 Å². The molecular weight excluding hydrogens is 242 g/mol. The van der Waals surface area contributed by atoms with E-state index in [1.165, 1.54) is 0 Å². The molecule has 6 nitrogen and oxygen atoms in total. The number of nitrogens with zero attached hydrogens (tertiary/aromatic N) is 3. The maximum atomic E-state index is 9.81. The molecule has 6 heteroatoms. The lowest BCUT2D eigenvalue weighted by Crippen LogP contribution is -2.49. The Bertz CT molecular complexity index is 568. The zero-order valence-electron chi connectivity index (χ0n) is 10.8. The van der Waals surface area contributed by atoms with E-state index in [4.69, 9.17) is 0 Å². The molecule has 2 heterocycles. The number of hydrogen-bond acceptors (Lipinski definition) is 5. The van der Waals surface area contributed by atoms with Gasteiger partial charge in [-0.15, -0.1) is 5.10 Å². The summed E-state index contributed by atoms with van der Waals surface area (Å²) in [5.74, 6) is 1.49. The number of benzene rings is 1. The molecule has 0 spiro atoms. The Hall–Kier alpha value is -2.08. The number of hydrogen-bond donors (Lipinski definition) is 3. The topological polar surface area (TPSA) is 77.1 Å². The van der Waals surface area contributed by atoms with Crippen molar-refractivity contribution in [1.82, 2.24) is 20.5 Å². The number of nitrogens with one attached hydrogen (secondary N) is 2. The van der Waals surface area contributed by atoms with Gasteiger partial charge in [-0.1, -0.05) is 12.1 Å². The Balaban J connectivity index is 1.85. The number of rotatable bonds is 2. The van der Waals surface area contributed by atoms with Gasteiger partial charge < -0.3 is 15.3 Å². The van der Waals surface area contributed by atoms with Crippen molar-refractivity contribution in [3.63, 3.8) is 0 Å². The van der Waals surface area contributed by atoms with Gasteiger partial charge in [-0.05, 0) is 19.1 Å². The standard InChI is InChI=1S/C13H17N5O/c1-9-8-18(7-6-14-9)13-15-12(16-17-13)10-4-2-3-5-11(10)19/h2-5,9,14,19H,6-8H2,1H3,(H,15,16,17). The van der Waals surface area contributed by atoms with Crippen LogP contribution in [0.3, 0.4) is 0 Å². The van der Waals surface area contributed by atoms with Gasteiger partial charge in [-0.2, -0.15) is 4.98 Å². The third-order valence-electron chi connectivity index (χ3n) is 3.28. The molecule has 2 aromatic rings. The van der Waals surface area contributed by atoms with E-state index >= 15 is 0 Å². The predicted molar refractivity (Wildman–Crippen MR) is 73.2 cm³/mol. The van der Waals surface area contributed by atoms with Crippen molar-refractivity contribution in [1.29, 1.82) is 0 Å². The number of phenolic OH excluding ortho intramolecular Hbond substituents is 1. The quantitative estimate of drug-likeness (QED) is 0.749. The summed E-state index contributed by atoms with van der Waals surface area (Å²) in [6.07, 6.45) is 0. The van der Waals surface area contributed by atoms with Crippen LogP contribution < -0.4 is 10.2 Å². The summed E-state index contributed by atoms with van der Waals surface area (Å²) >= 11 is 0. The molecule has 1 unspecified atom stereocenters. The number of phenols is 1. The minimum atomic E-state index is 0.207. The Labute approximate surface area is 111 Å². The highest BCUT2D eigenvalue weighted by Gasteiger charge is 2.20. The van der Waals surface area contributed by atoms with Crippen LogP contribution in [0.2, 0.25) is 0 Å². The summed E-state index contributed by atoms with van der Waals surface area (Å²) in [6.45, 7) is 4.85. The van der Waals surface area contributed by atoms with Gasteiger partial charge in [0.2, 0.25) is 5.95 Å². The molecule has 0 aliphatic carbocycles. The summed E-state index contributed by atoms with van der Waals surface area (Å²) in [6, 6.07) is 7.55. The number of para-hydroxylation sites is 1. The molecule has 0 amide bonds. The van der Waals surface area contributed by atoms with E-state index in [9.17, 15) is 5.11 Å². The second-order valence-corrected chi connectivity index (χ2v) is 4.80. The smallest absolute Gasteiger partial charge is 0.245 e. The van der Waals surface area contributed by atoms with Crippen LogP contribution in [0.4, 0.5) is 5.95 Å². The molecule has 1 aliphatic heterocycles. The Kier molecular flexibility index (Phi) is 3.08. The monoisotopic (exact) mass is 259 g/mol. The van der Waals surface area contributed by atoms with Crippen LogP contribution in [0.1, 0.15) is 6.92 Å². The predicted octanol–water partition coefficient (Wildman–Crippen LogP) is 0.975. The van der Waals surface area contributed by atoms with Gasteiger partial charge in [0.25, 0.3) is 0 Å². The fourth-order valence-electron chi connectivity index (χ4n) is 2.30. The van der Waals surface area contributed by atoms with Gasteiger partial charge in [0, 0.05) is 25.7 Å². The molecular formula is C13H17N5O. The maximum absolute atomic E-state index is 9.81. The van der Waals surface area contributed by atoms with E-state index in [1.54, 1.807) is 12.1 Å². The maximum Gasteiger partial charge on any atom is 0.245 e. The van der Waals surface area contributed by atoms with Crippen molar-refractivity contribution in [2.24, 2.45) is 0 Å². The van der Waals surface area contributed by atoms with E-state index in [-0.39, 0.29) is 5.75 Å². The second kappa shape index (κ2) is 4.89. The number of anilines is 1. The van der Waals surface area contributed by atoms with Gasteiger partial charge in [-0.25, -0.2) is 0 Å². The summed E-state index contributed by atoms with van der Waals surface area (Å²) in [7, 11) is 0. The first kappa shape index (κ1) is 12.0. The molecule has 0 radical (unpaired) electrons. The first-order valence-corrected chi connectivity index (χ1v) is 6.43. The van der Waals surface area contributed by atoms with Crippen molar-refractivity contribution in [3.05, 3.63) is 24.3 Å². The third kappa shape index (κ3) is 2.39. The van der Waals surface area contributed by atoms with Crippen molar-refractivity contribution in [2.75, 3.05) is 24.5 Å². The highest BCUT2D eigenvalue weighted by atomic mass is 16.3. The average Bonchev–Trinajstić information content (AvgIpc) is 2.89. The Morgan fingerprint density at radius 3 is 3.00 bits per heavy atom. The fourth-order valence-corrected chi connectivity index (χ4v) is 2.30. The van der Waals surface area contributed by atoms with E-state index in [0.29, 0.717) is 23.4 Å². The van der Waals surface area contributed by atoms with Gasteiger partial charge in [0.1, 0.15) is 5.75 Å². The normalized spacial score (nSPS) is 19.6. The molecule has 1 saturated heterocycles. The minimum absolute atomic E-state index is 0.207. The number of piperazine rings is 1. The number of aromatic hydroxyl groups is 1. The highest BCUT2D eigenvalue weighted by Crippen LogP contribution is 2.26. The van der Waals surface area contributed by atoms with Gasteiger partial charge in [0.05, 0.1) is 5.56 Å². The lowest BCUT2D eigenvalue weighted by Gasteiger charge is -2.30. The number of aromatic amines is 1. The van der Waals surface area contributed by atoms with Crippen molar-refractivity contribution in [2.45, 2.75) is 13.0 Å². The fraction of sp³-hybridized carbons (Fsp3) is 0.385. The van der Waals surface area contributed by atoms with Gasteiger partial charge >= 0.3 is 0 Å².